The first-order chi connectivity index (χ1) is 8.65. The lowest BCUT2D eigenvalue weighted by Gasteiger charge is -2.16. The van der Waals surface area contributed by atoms with Crippen LogP contribution in [-0.4, -0.2) is 23.7 Å². The number of halogens is 1. The average Bonchev–Trinajstić information content (AvgIpc) is 2.79. The molecule has 2 rings (SSSR count). The monoisotopic (exact) mass is 311 g/mol. The van der Waals surface area contributed by atoms with Gasteiger partial charge in [-0.2, -0.15) is 0 Å². The number of benzene rings is 1. The minimum absolute atomic E-state index is 0.121. The van der Waals surface area contributed by atoms with Crippen LogP contribution >= 0.6 is 15.9 Å². The van der Waals surface area contributed by atoms with Crippen molar-refractivity contribution in [1.29, 1.82) is 0 Å². The van der Waals surface area contributed by atoms with Gasteiger partial charge in [0.1, 0.15) is 0 Å². The maximum Gasteiger partial charge on any atom is 0.265 e. The lowest BCUT2D eigenvalue weighted by Crippen LogP contribution is -2.30. The topological polar surface area (TPSA) is 75.4 Å². The highest BCUT2D eigenvalue weighted by atomic mass is 79.9. The molecule has 0 aliphatic carbocycles. The van der Waals surface area contributed by atoms with Gasteiger partial charge in [0.05, 0.1) is 0 Å². The maximum absolute atomic E-state index is 11.8. The zero-order chi connectivity index (χ0) is 13.1. The number of nitrogens with one attached hydrogen (secondary N) is 1. The molecule has 18 heavy (non-hydrogen) atoms. The third kappa shape index (κ3) is 2.54. The van der Waals surface area contributed by atoms with Crippen LogP contribution in [0.5, 0.6) is 0 Å². The molecule has 0 spiro atoms. The number of nitrogens with zero attached hydrogens (tertiary/aromatic N) is 1. The van der Waals surface area contributed by atoms with E-state index < -0.39 is 0 Å². The Morgan fingerprint density at radius 2 is 2.11 bits per heavy atom. The standard InChI is InChI=1S/C12H14BrN3O2/c13-6-8-5-11(17)16(7-8)10-3-1-9(2-4-10)12(18)15-14/h1-4,8H,5-7,14H2,(H,15,18). The van der Waals surface area contributed by atoms with Gasteiger partial charge >= 0.3 is 0 Å². The van der Waals surface area contributed by atoms with Crippen LogP contribution in [0.15, 0.2) is 24.3 Å². The highest BCUT2D eigenvalue weighted by molar-refractivity contribution is 9.09. The number of carbonyl (C=O) groups is 2. The Bertz CT molecular complexity index is 461. The minimum atomic E-state index is -0.340. The van der Waals surface area contributed by atoms with E-state index in [9.17, 15) is 9.59 Å². The summed E-state index contributed by atoms with van der Waals surface area (Å²) in [6, 6.07) is 6.84. The van der Waals surface area contributed by atoms with E-state index >= 15 is 0 Å². The zero-order valence-electron chi connectivity index (χ0n) is 9.73. The Hall–Kier alpha value is -1.40. The smallest absolute Gasteiger partial charge is 0.265 e. The van der Waals surface area contributed by atoms with E-state index in [1.165, 1.54) is 0 Å². The van der Waals surface area contributed by atoms with Crippen LogP contribution in [0, 0.1) is 5.92 Å². The summed E-state index contributed by atoms with van der Waals surface area (Å²) in [5.74, 6) is 5.19. The van der Waals surface area contributed by atoms with Gasteiger partial charge in [-0.05, 0) is 30.2 Å². The summed E-state index contributed by atoms with van der Waals surface area (Å²) in [4.78, 5) is 24.9. The predicted octanol–water partition coefficient (Wildman–Crippen LogP) is 1.04. The first kappa shape index (κ1) is 13.0. The van der Waals surface area contributed by atoms with E-state index in [2.05, 4.69) is 21.4 Å². The van der Waals surface area contributed by atoms with Crippen LogP contribution in [-0.2, 0) is 4.79 Å². The molecule has 1 unspecified atom stereocenters. The number of rotatable bonds is 3. The lowest BCUT2D eigenvalue weighted by atomic mass is 10.1. The van der Waals surface area contributed by atoms with Crippen LogP contribution in [0.25, 0.3) is 0 Å². The number of hydrogen-bond donors (Lipinski definition) is 2. The summed E-state index contributed by atoms with van der Waals surface area (Å²) < 4.78 is 0. The fourth-order valence-electron chi connectivity index (χ4n) is 2.01. The minimum Gasteiger partial charge on any atom is -0.312 e. The molecule has 1 heterocycles. The highest BCUT2D eigenvalue weighted by Gasteiger charge is 2.29. The Morgan fingerprint density at radius 3 is 2.61 bits per heavy atom. The number of hydrazine groups is 1. The number of nitrogens with two attached hydrogens (primary N) is 1. The third-order valence-corrected chi connectivity index (χ3v) is 3.91. The van der Waals surface area contributed by atoms with Crippen molar-refractivity contribution in [3.05, 3.63) is 29.8 Å². The van der Waals surface area contributed by atoms with Gasteiger partial charge in [-0.3, -0.25) is 15.0 Å². The van der Waals surface area contributed by atoms with E-state index in [1.807, 2.05) is 0 Å². The summed E-state index contributed by atoms with van der Waals surface area (Å²) in [5, 5.41) is 0.822. The predicted molar refractivity (Wildman–Crippen MR) is 72.3 cm³/mol. The fraction of sp³-hybridized carbons (Fsp3) is 0.333. The number of nitrogen functional groups attached to an aromatic ring is 1. The molecule has 6 heteroatoms. The van der Waals surface area contributed by atoms with E-state index in [1.54, 1.807) is 29.2 Å². The number of amides is 2. The highest BCUT2D eigenvalue weighted by Crippen LogP contribution is 2.26. The average molecular weight is 312 g/mol. The molecule has 0 radical (unpaired) electrons. The fourth-order valence-corrected chi connectivity index (χ4v) is 2.44. The molecule has 1 aromatic rings. The van der Waals surface area contributed by atoms with Crippen molar-refractivity contribution in [2.24, 2.45) is 11.8 Å². The first-order valence-corrected chi connectivity index (χ1v) is 6.75. The van der Waals surface area contributed by atoms with Crippen LogP contribution in [0.3, 0.4) is 0 Å². The molecule has 0 bridgehead atoms. The maximum atomic E-state index is 11.8. The van der Waals surface area contributed by atoms with Gasteiger partial charge in [-0.15, -0.1) is 0 Å². The van der Waals surface area contributed by atoms with Gasteiger partial charge in [0.25, 0.3) is 5.91 Å². The van der Waals surface area contributed by atoms with Gasteiger partial charge < -0.3 is 4.90 Å². The van der Waals surface area contributed by atoms with Crippen molar-refractivity contribution in [3.63, 3.8) is 0 Å². The summed E-state index contributed by atoms with van der Waals surface area (Å²) >= 11 is 3.40. The van der Waals surface area contributed by atoms with Gasteiger partial charge in [0, 0.05) is 29.5 Å². The Balaban J connectivity index is 2.15. The Morgan fingerprint density at radius 1 is 1.44 bits per heavy atom. The van der Waals surface area contributed by atoms with Crippen molar-refractivity contribution >= 4 is 33.4 Å². The summed E-state index contributed by atoms with van der Waals surface area (Å²) in [7, 11) is 0. The van der Waals surface area contributed by atoms with Gasteiger partial charge in [-0.25, -0.2) is 5.84 Å². The third-order valence-electron chi connectivity index (χ3n) is 3.00. The number of hydrogen-bond acceptors (Lipinski definition) is 3. The molecule has 1 saturated heterocycles. The van der Waals surface area contributed by atoms with E-state index in [4.69, 9.17) is 5.84 Å². The first-order valence-electron chi connectivity index (χ1n) is 5.63. The Kier molecular flexibility index (Phi) is 3.98. The molecule has 1 aliphatic heterocycles. The number of anilines is 1. The van der Waals surface area contributed by atoms with Crippen LogP contribution in [0.1, 0.15) is 16.8 Å². The van der Waals surface area contributed by atoms with Crippen LogP contribution in [0.4, 0.5) is 5.69 Å². The van der Waals surface area contributed by atoms with Crippen molar-refractivity contribution < 1.29 is 9.59 Å². The van der Waals surface area contributed by atoms with Crippen molar-refractivity contribution in [2.75, 3.05) is 16.8 Å². The van der Waals surface area contributed by atoms with Gasteiger partial charge in [-0.1, -0.05) is 15.9 Å². The van der Waals surface area contributed by atoms with Crippen molar-refractivity contribution in [2.45, 2.75) is 6.42 Å². The van der Waals surface area contributed by atoms with Gasteiger partial charge in [0.15, 0.2) is 0 Å². The second kappa shape index (κ2) is 5.49. The molecule has 3 N–H and O–H groups in total. The second-order valence-corrected chi connectivity index (χ2v) is 4.90. The van der Waals surface area contributed by atoms with E-state index in [-0.39, 0.29) is 11.8 Å². The Labute approximate surface area is 113 Å². The largest absolute Gasteiger partial charge is 0.312 e. The van der Waals surface area contributed by atoms with E-state index in [0.29, 0.717) is 24.4 Å². The molecule has 1 aromatic carbocycles. The summed E-state index contributed by atoms with van der Waals surface area (Å²) in [5.41, 5.74) is 3.36. The van der Waals surface area contributed by atoms with Gasteiger partial charge in [0.2, 0.25) is 5.91 Å². The molecule has 96 valence electrons. The number of alkyl halides is 1. The number of carbonyl (C=O) groups excluding carboxylic acids is 2. The van der Waals surface area contributed by atoms with Crippen LogP contribution in [0.2, 0.25) is 0 Å². The van der Waals surface area contributed by atoms with Crippen molar-refractivity contribution in [1.82, 2.24) is 5.43 Å². The normalized spacial score (nSPS) is 19.1. The summed E-state index contributed by atoms with van der Waals surface area (Å²) in [6.07, 6.45) is 0.566. The molecule has 1 atom stereocenters. The lowest BCUT2D eigenvalue weighted by molar-refractivity contribution is -0.117. The molecule has 0 saturated carbocycles. The molecule has 1 aliphatic rings. The second-order valence-electron chi connectivity index (χ2n) is 4.25. The SMILES string of the molecule is NNC(=O)c1ccc(N2CC(CBr)CC2=O)cc1. The zero-order valence-corrected chi connectivity index (χ0v) is 11.3. The van der Waals surface area contributed by atoms with Crippen LogP contribution < -0.4 is 16.2 Å². The molecule has 2 amide bonds. The summed E-state index contributed by atoms with van der Waals surface area (Å²) in [6.45, 7) is 0.715. The van der Waals surface area contributed by atoms with Crippen molar-refractivity contribution in [3.8, 4) is 0 Å². The molecule has 1 fully saturated rings. The quantitative estimate of drug-likeness (QED) is 0.379. The molecular weight excluding hydrogens is 298 g/mol. The molecule has 0 aromatic heterocycles. The molecule has 5 nitrogen and oxygen atoms in total. The van der Waals surface area contributed by atoms with E-state index in [0.717, 1.165) is 11.0 Å². The molecular formula is C12H14BrN3O2.